The van der Waals surface area contributed by atoms with Crippen molar-refractivity contribution in [3.8, 4) is 5.88 Å². The van der Waals surface area contributed by atoms with Gasteiger partial charge in [0.25, 0.3) is 0 Å². The second-order valence-electron chi connectivity index (χ2n) is 3.28. The lowest BCUT2D eigenvalue weighted by atomic mass is 10.3. The molecule has 3 N–H and O–H groups in total. The number of nitrogens with one attached hydrogen (secondary N) is 2. The zero-order chi connectivity index (χ0) is 13.0. The van der Waals surface area contributed by atoms with Crippen molar-refractivity contribution < 1.29 is 5.11 Å². The molecule has 92 valence electrons. The Kier molecular flexibility index (Phi) is 3.85. The third-order valence-corrected chi connectivity index (χ3v) is 2.99. The summed E-state index contributed by atoms with van der Waals surface area (Å²) in [5.41, 5.74) is 0.825. The molecule has 0 aliphatic carbocycles. The van der Waals surface area contributed by atoms with Gasteiger partial charge in [0, 0.05) is 5.69 Å². The van der Waals surface area contributed by atoms with Gasteiger partial charge in [0.05, 0.1) is 6.21 Å². The quantitative estimate of drug-likeness (QED) is 0.580. The SMILES string of the molecule is O=c1[nH]c(O)c(C=NC(=S)Nc2ccccc2)s1. The molecule has 0 spiro atoms. The van der Waals surface area contributed by atoms with Gasteiger partial charge in [-0.3, -0.25) is 9.78 Å². The van der Waals surface area contributed by atoms with Crippen LogP contribution in [0.2, 0.25) is 0 Å². The Morgan fingerprint density at radius 1 is 1.44 bits per heavy atom. The number of aromatic hydroxyl groups is 1. The van der Waals surface area contributed by atoms with Gasteiger partial charge in [-0.15, -0.1) is 0 Å². The van der Waals surface area contributed by atoms with E-state index in [1.54, 1.807) is 0 Å². The van der Waals surface area contributed by atoms with E-state index < -0.39 is 0 Å². The zero-order valence-electron chi connectivity index (χ0n) is 9.08. The predicted molar refractivity (Wildman–Crippen MR) is 76.9 cm³/mol. The van der Waals surface area contributed by atoms with Crippen LogP contribution in [0.3, 0.4) is 0 Å². The monoisotopic (exact) mass is 279 g/mol. The van der Waals surface area contributed by atoms with Gasteiger partial charge in [0.15, 0.2) is 5.11 Å². The molecule has 0 saturated heterocycles. The van der Waals surface area contributed by atoms with Gasteiger partial charge in [0.2, 0.25) is 5.88 Å². The summed E-state index contributed by atoms with van der Waals surface area (Å²) in [6.45, 7) is 0. The van der Waals surface area contributed by atoms with Crippen molar-refractivity contribution in [1.82, 2.24) is 4.98 Å². The minimum absolute atomic E-state index is 0.198. The summed E-state index contributed by atoms with van der Waals surface area (Å²) in [5, 5.41) is 12.5. The first kappa shape index (κ1) is 12.5. The van der Waals surface area contributed by atoms with Crippen LogP contribution in [0.15, 0.2) is 40.1 Å². The Labute approximate surface area is 112 Å². The Balaban J connectivity index is 2.04. The van der Waals surface area contributed by atoms with Gasteiger partial charge < -0.3 is 10.4 Å². The van der Waals surface area contributed by atoms with E-state index in [0.717, 1.165) is 17.0 Å². The summed E-state index contributed by atoms with van der Waals surface area (Å²) in [5.74, 6) is -0.198. The van der Waals surface area contributed by atoms with E-state index in [-0.39, 0.29) is 15.9 Å². The molecule has 0 aliphatic rings. The molecule has 0 fully saturated rings. The van der Waals surface area contributed by atoms with Crippen LogP contribution in [-0.4, -0.2) is 21.4 Å². The largest absolute Gasteiger partial charge is 0.493 e. The average molecular weight is 279 g/mol. The molecule has 0 radical (unpaired) electrons. The third kappa shape index (κ3) is 3.25. The number of rotatable bonds is 2. The summed E-state index contributed by atoms with van der Waals surface area (Å²) < 4.78 is 0. The van der Waals surface area contributed by atoms with Crippen LogP contribution in [0.4, 0.5) is 5.69 Å². The molecule has 0 atom stereocenters. The van der Waals surface area contributed by atoms with E-state index in [9.17, 15) is 9.90 Å². The number of thiocarbonyl (C=S) groups is 1. The highest BCUT2D eigenvalue weighted by molar-refractivity contribution is 7.80. The molecule has 1 aromatic heterocycles. The van der Waals surface area contributed by atoms with E-state index in [2.05, 4.69) is 15.3 Å². The number of anilines is 1. The number of H-pyrrole nitrogens is 1. The van der Waals surface area contributed by atoms with E-state index in [1.807, 2.05) is 30.3 Å². The van der Waals surface area contributed by atoms with Gasteiger partial charge in [-0.2, -0.15) is 0 Å². The van der Waals surface area contributed by atoms with Gasteiger partial charge in [-0.05, 0) is 24.4 Å². The van der Waals surface area contributed by atoms with Crippen molar-refractivity contribution in [3.63, 3.8) is 0 Å². The van der Waals surface area contributed by atoms with Crippen molar-refractivity contribution in [2.75, 3.05) is 5.32 Å². The number of para-hydroxylation sites is 1. The maximum absolute atomic E-state index is 10.9. The second kappa shape index (κ2) is 5.56. The third-order valence-electron chi connectivity index (χ3n) is 1.98. The Morgan fingerprint density at radius 3 is 2.78 bits per heavy atom. The zero-order valence-corrected chi connectivity index (χ0v) is 10.7. The second-order valence-corrected chi connectivity index (χ2v) is 4.68. The van der Waals surface area contributed by atoms with Crippen LogP contribution >= 0.6 is 23.6 Å². The van der Waals surface area contributed by atoms with Gasteiger partial charge in [-0.25, -0.2) is 4.99 Å². The molecule has 1 aromatic carbocycles. The normalized spacial score (nSPS) is 10.7. The standard InChI is InChI=1S/C11H9N3O2S2/c15-9-8(18-11(16)14-9)6-12-10(17)13-7-4-2-1-3-5-7/h1-6,15H,(H,13,17)(H,14,16). The van der Waals surface area contributed by atoms with Crippen molar-refractivity contribution in [2.24, 2.45) is 4.99 Å². The van der Waals surface area contributed by atoms with Crippen molar-refractivity contribution in [2.45, 2.75) is 0 Å². The fraction of sp³-hybridized carbons (Fsp3) is 0. The molecule has 0 aliphatic heterocycles. The Morgan fingerprint density at radius 2 is 2.17 bits per heavy atom. The molecule has 0 unspecified atom stereocenters. The fourth-order valence-corrected chi connectivity index (χ4v) is 1.99. The Bertz CT molecular complexity index is 631. The lowest BCUT2D eigenvalue weighted by molar-refractivity contribution is 0.455. The highest BCUT2D eigenvalue weighted by Crippen LogP contribution is 2.12. The molecule has 0 amide bonds. The van der Waals surface area contributed by atoms with Crippen LogP contribution in [-0.2, 0) is 0 Å². The van der Waals surface area contributed by atoms with Gasteiger partial charge in [0.1, 0.15) is 4.88 Å². The predicted octanol–water partition coefficient (Wildman–Crippen LogP) is 1.96. The number of benzene rings is 1. The van der Waals surface area contributed by atoms with Gasteiger partial charge in [-0.1, -0.05) is 29.5 Å². The summed E-state index contributed by atoms with van der Waals surface area (Å²) in [4.78, 5) is 17.1. The molecular formula is C11H9N3O2S2. The van der Waals surface area contributed by atoms with Crippen LogP contribution in [0.5, 0.6) is 5.88 Å². The topological polar surface area (TPSA) is 77.5 Å². The number of nitrogens with zero attached hydrogens (tertiary/aromatic N) is 1. The smallest absolute Gasteiger partial charge is 0.307 e. The molecule has 0 bridgehead atoms. The average Bonchev–Trinajstić information content (AvgIpc) is 2.66. The summed E-state index contributed by atoms with van der Waals surface area (Å²) in [6.07, 6.45) is 1.34. The van der Waals surface area contributed by atoms with Crippen LogP contribution in [0.25, 0.3) is 0 Å². The lowest BCUT2D eigenvalue weighted by Crippen LogP contribution is -2.05. The highest BCUT2D eigenvalue weighted by atomic mass is 32.1. The Hall–Kier alpha value is -1.99. The van der Waals surface area contributed by atoms with Crippen LogP contribution < -0.4 is 10.2 Å². The van der Waals surface area contributed by atoms with Crippen molar-refractivity contribution in [1.29, 1.82) is 0 Å². The molecule has 5 nitrogen and oxygen atoms in total. The molecule has 2 rings (SSSR count). The number of aliphatic imine (C=N–C) groups is 1. The minimum Gasteiger partial charge on any atom is -0.493 e. The first-order valence-electron chi connectivity index (χ1n) is 4.97. The van der Waals surface area contributed by atoms with Crippen LogP contribution in [0, 0.1) is 0 Å². The summed E-state index contributed by atoms with van der Waals surface area (Å²) in [7, 11) is 0. The summed E-state index contributed by atoms with van der Waals surface area (Å²) >= 11 is 5.88. The lowest BCUT2D eigenvalue weighted by Gasteiger charge is -2.01. The first-order valence-corrected chi connectivity index (χ1v) is 6.20. The minimum atomic E-state index is -0.337. The number of aromatic nitrogens is 1. The molecule has 1 heterocycles. The maximum Gasteiger partial charge on any atom is 0.307 e. The number of aromatic amines is 1. The number of hydrogen-bond donors (Lipinski definition) is 3. The van der Waals surface area contributed by atoms with Crippen LogP contribution in [0.1, 0.15) is 4.88 Å². The molecule has 2 aromatic rings. The van der Waals surface area contributed by atoms with E-state index in [0.29, 0.717) is 4.88 Å². The molecule has 0 saturated carbocycles. The summed E-state index contributed by atoms with van der Waals surface area (Å²) in [6, 6.07) is 9.35. The highest BCUT2D eigenvalue weighted by Gasteiger charge is 2.03. The number of hydrogen-bond acceptors (Lipinski definition) is 4. The van der Waals surface area contributed by atoms with E-state index in [1.165, 1.54) is 6.21 Å². The van der Waals surface area contributed by atoms with Gasteiger partial charge >= 0.3 is 4.87 Å². The van der Waals surface area contributed by atoms with Crippen molar-refractivity contribution in [3.05, 3.63) is 44.9 Å². The molecular weight excluding hydrogens is 270 g/mol. The van der Waals surface area contributed by atoms with E-state index >= 15 is 0 Å². The van der Waals surface area contributed by atoms with Crippen molar-refractivity contribution >= 4 is 40.6 Å². The number of thiazole rings is 1. The maximum atomic E-state index is 10.9. The molecule has 7 heteroatoms. The fourth-order valence-electron chi connectivity index (χ4n) is 1.21. The molecule has 18 heavy (non-hydrogen) atoms. The first-order chi connectivity index (χ1) is 8.65. The van der Waals surface area contributed by atoms with E-state index in [4.69, 9.17) is 12.2 Å².